The van der Waals surface area contributed by atoms with Crippen LogP contribution in [0.1, 0.15) is 28.7 Å². The summed E-state index contributed by atoms with van der Waals surface area (Å²) in [5.74, 6) is -0.397. The van der Waals surface area contributed by atoms with Crippen LogP contribution in [-0.4, -0.2) is 26.6 Å². The Kier molecular flexibility index (Phi) is 5.03. The molecule has 0 atom stereocenters. The van der Waals surface area contributed by atoms with Crippen LogP contribution in [0.25, 0.3) is 11.1 Å². The predicted molar refractivity (Wildman–Crippen MR) is 105 cm³/mol. The molecule has 3 rings (SSSR count). The Labute approximate surface area is 157 Å². The lowest BCUT2D eigenvalue weighted by atomic mass is 10.0. The fourth-order valence-corrected chi connectivity index (χ4v) is 2.94. The number of nitrogens with zero attached hydrogens (tertiary/aromatic N) is 3. The second-order valence-electron chi connectivity index (χ2n) is 6.34. The summed E-state index contributed by atoms with van der Waals surface area (Å²) in [5, 5.41) is 9.94. The van der Waals surface area contributed by atoms with E-state index in [2.05, 4.69) is 20.7 Å². The molecule has 0 spiro atoms. The van der Waals surface area contributed by atoms with Crippen LogP contribution in [0.15, 0.2) is 42.7 Å². The first-order valence-electron chi connectivity index (χ1n) is 8.50. The van der Waals surface area contributed by atoms with Crippen molar-refractivity contribution < 1.29 is 9.59 Å². The minimum Gasteiger partial charge on any atom is -0.326 e. The number of carbonyl (C=O) groups excluding carboxylic acids is 2. The molecule has 0 fully saturated rings. The number of carbonyl (C=O) groups is 2. The van der Waals surface area contributed by atoms with Crippen molar-refractivity contribution in [1.29, 1.82) is 0 Å². The molecule has 0 aliphatic rings. The Morgan fingerprint density at radius 1 is 1.00 bits per heavy atom. The highest BCUT2D eigenvalue weighted by atomic mass is 16.2. The number of hydrogen-bond donors (Lipinski definition) is 2. The number of hydrogen-bond acceptors (Lipinski definition) is 4. The number of pyridine rings is 1. The van der Waals surface area contributed by atoms with E-state index >= 15 is 0 Å². The van der Waals surface area contributed by atoms with Gasteiger partial charge in [-0.15, -0.1) is 0 Å². The van der Waals surface area contributed by atoms with Crippen LogP contribution in [0.5, 0.6) is 0 Å². The van der Waals surface area contributed by atoms with Crippen molar-refractivity contribution in [1.82, 2.24) is 14.8 Å². The van der Waals surface area contributed by atoms with E-state index in [-0.39, 0.29) is 11.8 Å². The Morgan fingerprint density at radius 2 is 1.63 bits per heavy atom. The third kappa shape index (κ3) is 4.03. The molecule has 0 saturated carbocycles. The molecule has 1 aromatic carbocycles. The van der Waals surface area contributed by atoms with Crippen LogP contribution in [0.2, 0.25) is 0 Å². The second-order valence-corrected chi connectivity index (χ2v) is 6.34. The molecule has 0 radical (unpaired) electrons. The predicted octanol–water partition coefficient (Wildman–Crippen LogP) is 3.31. The molecule has 2 heterocycles. The Bertz CT molecular complexity index is 1010. The molecule has 3 aromatic rings. The first-order valence-corrected chi connectivity index (χ1v) is 8.50. The summed E-state index contributed by atoms with van der Waals surface area (Å²) in [6.07, 6.45) is 3.27. The van der Waals surface area contributed by atoms with E-state index in [9.17, 15) is 9.59 Å². The fraction of sp³-hybridized carbons (Fsp3) is 0.200. The number of aryl methyl sites for hydroxylation is 2. The maximum absolute atomic E-state index is 12.6. The Hall–Kier alpha value is -3.48. The van der Waals surface area contributed by atoms with E-state index in [0.717, 1.165) is 22.5 Å². The molecule has 138 valence electrons. The summed E-state index contributed by atoms with van der Waals surface area (Å²) in [6, 6.07) is 8.73. The van der Waals surface area contributed by atoms with Crippen LogP contribution in [0, 0.1) is 13.8 Å². The minimum absolute atomic E-state index is 0.143. The molecule has 0 saturated heterocycles. The number of nitrogens with one attached hydrogen (secondary N) is 2. The van der Waals surface area contributed by atoms with E-state index < -0.39 is 0 Å². The van der Waals surface area contributed by atoms with Gasteiger partial charge in [0.2, 0.25) is 5.91 Å². The zero-order valence-electron chi connectivity index (χ0n) is 15.7. The quantitative estimate of drug-likeness (QED) is 0.744. The number of anilines is 2. The van der Waals surface area contributed by atoms with Crippen molar-refractivity contribution in [2.24, 2.45) is 7.05 Å². The number of amides is 2. The molecule has 0 aliphatic heterocycles. The highest BCUT2D eigenvalue weighted by Crippen LogP contribution is 2.26. The van der Waals surface area contributed by atoms with Gasteiger partial charge < -0.3 is 10.6 Å². The average Bonchev–Trinajstić information content (AvgIpc) is 2.88. The molecular weight excluding hydrogens is 342 g/mol. The summed E-state index contributed by atoms with van der Waals surface area (Å²) in [4.78, 5) is 27.9. The Balaban J connectivity index is 1.80. The van der Waals surface area contributed by atoms with Gasteiger partial charge >= 0.3 is 0 Å². The van der Waals surface area contributed by atoms with Crippen molar-refractivity contribution in [3.05, 3.63) is 59.7 Å². The van der Waals surface area contributed by atoms with Crippen LogP contribution < -0.4 is 10.6 Å². The molecule has 0 bridgehead atoms. The van der Waals surface area contributed by atoms with Crippen LogP contribution in [0.4, 0.5) is 11.4 Å². The first kappa shape index (κ1) is 18.3. The van der Waals surface area contributed by atoms with E-state index in [4.69, 9.17) is 0 Å². The lowest BCUT2D eigenvalue weighted by Crippen LogP contribution is -2.12. The van der Waals surface area contributed by atoms with Crippen molar-refractivity contribution >= 4 is 23.2 Å². The first-order chi connectivity index (χ1) is 12.8. The van der Waals surface area contributed by atoms with Crippen LogP contribution in [0.3, 0.4) is 0 Å². The lowest BCUT2D eigenvalue weighted by molar-refractivity contribution is -0.114. The third-order valence-electron chi connectivity index (χ3n) is 4.26. The van der Waals surface area contributed by atoms with Gasteiger partial charge in [-0.3, -0.25) is 19.3 Å². The topological polar surface area (TPSA) is 88.9 Å². The van der Waals surface area contributed by atoms with Gasteiger partial charge in [0.25, 0.3) is 5.91 Å². The Morgan fingerprint density at radius 3 is 2.19 bits per heavy atom. The molecular formula is C20H21N5O2. The number of aromatic nitrogens is 3. The van der Waals surface area contributed by atoms with Gasteiger partial charge in [0.15, 0.2) is 0 Å². The molecule has 2 amide bonds. The number of benzene rings is 1. The second kappa shape index (κ2) is 7.41. The summed E-state index contributed by atoms with van der Waals surface area (Å²) in [5.41, 5.74) is 5.51. The van der Waals surface area contributed by atoms with Gasteiger partial charge in [-0.25, -0.2) is 0 Å². The van der Waals surface area contributed by atoms with Gasteiger partial charge in [0, 0.05) is 54.6 Å². The van der Waals surface area contributed by atoms with Gasteiger partial charge in [0.1, 0.15) is 0 Å². The molecule has 0 unspecified atom stereocenters. The monoisotopic (exact) mass is 363 g/mol. The third-order valence-corrected chi connectivity index (χ3v) is 4.26. The van der Waals surface area contributed by atoms with Crippen molar-refractivity contribution in [2.45, 2.75) is 20.8 Å². The maximum atomic E-state index is 12.6. The lowest BCUT2D eigenvalue weighted by Gasteiger charge is -2.08. The molecule has 7 heteroatoms. The molecule has 2 aromatic heterocycles. The van der Waals surface area contributed by atoms with Gasteiger partial charge in [-0.05, 0) is 44.2 Å². The minimum atomic E-state index is -0.254. The number of rotatable bonds is 4. The SMILES string of the molecule is CC(=O)Nc1ccc(NC(=O)c2cncc(-c3c(C)nn(C)c3C)c2)cc1. The normalized spacial score (nSPS) is 10.5. The van der Waals surface area contributed by atoms with E-state index in [1.165, 1.54) is 13.1 Å². The molecule has 0 aliphatic carbocycles. The summed E-state index contributed by atoms with van der Waals surface area (Å²) < 4.78 is 1.81. The van der Waals surface area contributed by atoms with Gasteiger partial charge in [-0.1, -0.05) is 0 Å². The van der Waals surface area contributed by atoms with E-state index in [1.807, 2.05) is 31.6 Å². The fourth-order valence-electron chi connectivity index (χ4n) is 2.94. The van der Waals surface area contributed by atoms with Crippen molar-refractivity contribution in [3.63, 3.8) is 0 Å². The van der Waals surface area contributed by atoms with Crippen molar-refractivity contribution in [2.75, 3.05) is 10.6 Å². The summed E-state index contributed by atoms with van der Waals surface area (Å²) in [6.45, 7) is 5.37. The highest BCUT2D eigenvalue weighted by molar-refractivity contribution is 6.04. The van der Waals surface area contributed by atoms with Crippen molar-refractivity contribution in [3.8, 4) is 11.1 Å². The summed E-state index contributed by atoms with van der Waals surface area (Å²) >= 11 is 0. The zero-order valence-corrected chi connectivity index (χ0v) is 15.7. The molecule has 7 nitrogen and oxygen atoms in total. The average molecular weight is 363 g/mol. The van der Waals surface area contributed by atoms with Gasteiger partial charge in [-0.2, -0.15) is 5.10 Å². The maximum Gasteiger partial charge on any atom is 0.257 e. The molecule has 2 N–H and O–H groups in total. The van der Waals surface area contributed by atoms with Crippen LogP contribution >= 0.6 is 0 Å². The highest BCUT2D eigenvalue weighted by Gasteiger charge is 2.14. The van der Waals surface area contributed by atoms with Gasteiger partial charge in [0.05, 0.1) is 11.3 Å². The summed E-state index contributed by atoms with van der Waals surface area (Å²) in [7, 11) is 1.89. The van der Waals surface area contributed by atoms with Crippen LogP contribution in [-0.2, 0) is 11.8 Å². The standard InChI is InChI=1S/C20H21N5O2/c1-12-19(13(2)25(4)24-12)15-9-16(11-21-10-15)20(27)23-18-7-5-17(6-8-18)22-14(3)26/h5-11H,1-4H3,(H,22,26)(H,23,27). The van der Waals surface area contributed by atoms with E-state index in [0.29, 0.717) is 16.9 Å². The smallest absolute Gasteiger partial charge is 0.257 e. The van der Waals surface area contributed by atoms with E-state index in [1.54, 1.807) is 30.5 Å². The zero-order chi connectivity index (χ0) is 19.6. The molecule has 27 heavy (non-hydrogen) atoms. The largest absolute Gasteiger partial charge is 0.326 e.